The van der Waals surface area contributed by atoms with Crippen molar-refractivity contribution in [3.8, 4) is 17.6 Å². The summed E-state index contributed by atoms with van der Waals surface area (Å²) in [4.78, 5) is 28.4. The number of ether oxygens (including phenoxy) is 1. The lowest BCUT2D eigenvalue weighted by atomic mass is 10.1. The Morgan fingerprint density at radius 2 is 1.85 bits per heavy atom. The van der Waals surface area contributed by atoms with Crippen molar-refractivity contribution < 1.29 is 28.0 Å². The molecule has 12 heteroatoms. The SMILES string of the molecule is CC#CCOc1ccc(S(=O)(=O)N[C@H](CCCNC(=O)CN2CCN(C)CC2)C(=O)NO)cc1. The average Bonchev–Trinajstić information content (AvgIpc) is 2.82. The minimum atomic E-state index is -4.04. The van der Waals surface area contributed by atoms with E-state index in [1.807, 2.05) is 7.05 Å². The maximum Gasteiger partial charge on any atom is 0.261 e. The van der Waals surface area contributed by atoms with Crippen LogP contribution in [0.1, 0.15) is 19.8 Å². The van der Waals surface area contributed by atoms with Crippen molar-refractivity contribution in [1.29, 1.82) is 0 Å². The average molecular weight is 496 g/mol. The first-order valence-electron chi connectivity index (χ1n) is 11.0. The number of amides is 2. The van der Waals surface area contributed by atoms with E-state index in [2.05, 4.69) is 31.7 Å². The van der Waals surface area contributed by atoms with Crippen LogP contribution in [-0.2, 0) is 19.6 Å². The van der Waals surface area contributed by atoms with E-state index in [1.54, 1.807) is 6.92 Å². The molecule has 2 rings (SSSR count). The van der Waals surface area contributed by atoms with E-state index in [4.69, 9.17) is 9.94 Å². The maximum absolute atomic E-state index is 12.7. The van der Waals surface area contributed by atoms with E-state index < -0.39 is 22.0 Å². The van der Waals surface area contributed by atoms with Gasteiger partial charge in [0.05, 0.1) is 11.4 Å². The molecule has 34 heavy (non-hydrogen) atoms. The van der Waals surface area contributed by atoms with Gasteiger partial charge in [-0.15, -0.1) is 5.92 Å². The third kappa shape index (κ3) is 9.28. The van der Waals surface area contributed by atoms with Crippen LogP contribution in [0.3, 0.4) is 0 Å². The molecule has 1 aliphatic rings. The lowest BCUT2D eigenvalue weighted by Gasteiger charge is -2.31. The fraction of sp³-hybridized carbons (Fsp3) is 0.545. The lowest BCUT2D eigenvalue weighted by molar-refractivity contribution is -0.131. The minimum Gasteiger partial charge on any atom is -0.481 e. The summed E-state index contributed by atoms with van der Waals surface area (Å²) in [6.07, 6.45) is 0.414. The van der Waals surface area contributed by atoms with Crippen LogP contribution >= 0.6 is 0 Å². The van der Waals surface area contributed by atoms with Crippen LogP contribution in [0.5, 0.6) is 5.75 Å². The van der Waals surface area contributed by atoms with Crippen LogP contribution in [0.2, 0.25) is 0 Å². The van der Waals surface area contributed by atoms with Gasteiger partial charge in [0.15, 0.2) is 0 Å². The Morgan fingerprint density at radius 3 is 2.47 bits per heavy atom. The zero-order valence-electron chi connectivity index (χ0n) is 19.5. The number of nitrogens with zero attached hydrogens (tertiary/aromatic N) is 2. The molecule has 1 aromatic carbocycles. The Hall–Kier alpha value is -2.69. The molecule has 0 saturated carbocycles. The fourth-order valence-electron chi connectivity index (χ4n) is 3.28. The molecule has 11 nitrogen and oxygen atoms in total. The van der Waals surface area contributed by atoms with Crippen LogP contribution in [0.4, 0.5) is 0 Å². The number of carbonyl (C=O) groups excluding carboxylic acids is 2. The van der Waals surface area contributed by atoms with E-state index in [1.165, 1.54) is 29.7 Å². The van der Waals surface area contributed by atoms with Crippen molar-refractivity contribution in [1.82, 2.24) is 25.3 Å². The zero-order valence-corrected chi connectivity index (χ0v) is 20.4. The number of likely N-dealkylation sites (N-methyl/N-ethyl adjacent to an activating group) is 1. The van der Waals surface area contributed by atoms with E-state index in [9.17, 15) is 18.0 Å². The van der Waals surface area contributed by atoms with Gasteiger partial charge in [0.2, 0.25) is 15.9 Å². The molecular formula is C22H33N5O6S. The Morgan fingerprint density at radius 1 is 1.18 bits per heavy atom. The van der Waals surface area contributed by atoms with E-state index in [0.717, 1.165) is 26.2 Å². The highest BCUT2D eigenvalue weighted by Crippen LogP contribution is 2.16. The highest BCUT2D eigenvalue weighted by molar-refractivity contribution is 7.89. The van der Waals surface area contributed by atoms with Gasteiger partial charge in [0.25, 0.3) is 5.91 Å². The van der Waals surface area contributed by atoms with E-state index in [0.29, 0.717) is 18.7 Å². The second-order valence-electron chi connectivity index (χ2n) is 7.91. The van der Waals surface area contributed by atoms with E-state index in [-0.39, 0.29) is 30.4 Å². The molecular weight excluding hydrogens is 462 g/mol. The Bertz CT molecular complexity index is 966. The summed E-state index contributed by atoms with van der Waals surface area (Å²) in [6, 6.07) is 4.47. The van der Waals surface area contributed by atoms with Crippen LogP contribution in [0, 0.1) is 11.8 Å². The van der Waals surface area contributed by atoms with Gasteiger partial charge in [-0.05, 0) is 51.1 Å². The normalized spacial score (nSPS) is 15.6. The first kappa shape index (κ1) is 27.6. The molecule has 1 heterocycles. The summed E-state index contributed by atoms with van der Waals surface area (Å²) in [5, 5.41) is 11.8. The third-order valence-corrected chi connectivity index (χ3v) is 6.79. The van der Waals surface area contributed by atoms with Gasteiger partial charge < -0.3 is 15.0 Å². The number of nitrogens with one attached hydrogen (secondary N) is 3. The Kier molecular flexibility index (Phi) is 11.2. The van der Waals surface area contributed by atoms with Gasteiger partial charge in [-0.1, -0.05) is 5.92 Å². The second-order valence-corrected chi connectivity index (χ2v) is 9.62. The van der Waals surface area contributed by atoms with Gasteiger partial charge in [-0.2, -0.15) is 4.72 Å². The summed E-state index contributed by atoms with van der Waals surface area (Å²) in [5.74, 6) is 4.88. The molecule has 4 N–H and O–H groups in total. The number of benzene rings is 1. The molecule has 1 atom stereocenters. The van der Waals surface area contributed by atoms with Crippen molar-refractivity contribution in [2.75, 3.05) is 52.9 Å². The third-order valence-electron chi connectivity index (χ3n) is 5.30. The summed E-state index contributed by atoms with van der Waals surface area (Å²) >= 11 is 0. The Balaban J connectivity index is 1.84. The van der Waals surface area contributed by atoms with Gasteiger partial charge in [0.1, 0.15) is 18.4 Å². The molecule has 1 aromatic rings. The standard InChI is InChI=1S/C22H33N5O6S/c1-3-4-16-33-18-7-9-19(10-8-18)34(31,32)25-20(22(29)24-30)6-5-11-23-21(28)17-27-14-12-26(2)13-15-27/h7-10,20,25,30H,5-6,11-17H2,1-2H3,(H,23,28)(H,24,29)/t20-/m1/s1. The number of rotatable bonds is 12. The summed E-state index contributed by atoms with van der Waals surface area (Å²) < 4.78 is 33.1. The zero-order chi connectivity index (χ0) is 25.0. The number of sulfonamides is 1. The number of hydrogen-bond donors (Lipinski definition) is 4. The molecule has 0 radical (unpaired) electrons. The van der Waals surface area contributed by atoms with Gasteiger partial charge >= 0.3 is 0 Å². The first-order valence-corrected chi connectivity index (χ1v) is 12.5. The molecule has 188 valence electrons. The molecule has 1 fully saturated rings. The monoisotopic (exact) mass is 495 g/mol. The van der Waals surface area contributed by atoms with E-state index >= 15 is 0 Å². The highest BCUT2D eigenvalue weighted by Gasteiger charge is 2.25. The largest absolute Gasteiger partial charge is 0.481 e. The number of hydroxylamine groups is 1. The quantitative estimate of drug-likeness (QED) is 0.130. The van der Waals surface area contributed by atoms with Gasteiger partial charge in [-0.3, -0.25) is 19.7 Å². The summed E-state index contributed by atoms with van der Waals surface area (Å²) in [7, 11) is -2.00. The number of hydrogen-bond acceptors (Lipinski definition) is 8. The predicted octanol–water partition coefficient (Wildman–Crippen LogP) is -0.615. The van der Waals surface area contributed by atoms with Crippen LogP contribution in [-0.4, -0.2) is 94.2 Å². The molecule has 1 saturated heterocycles. The molecule has 0 bridgehead atoms. The smallest absolute Gasteiger partial charge is 0.261 e. The lowest BCUT2D eigenvalue weighted by Crippen LogP contribution is -2.48. The summed E-state index contributed by atoms with van der Waals surface area (Å²) in [5.41, 5.74) is 1.49. The van der Waals surface area contributed by atoms with Crippen molar-refractivity contribution >= 4 is 21.8 Å². The van der Waals surface area contributed by atoms with Crippen molar-refractivity contribution in [2.45, 2.75) is 30.7 Å². The molecule has 0 aromatic heterocycles. The molecule has 2 amide bonds. The van der Waals surface area contributed by atoms with Crippen LogP contribution in [0.25, 0.3) is 0 Å². The summed E-state index contributed by atoms with van der Waals surface area (Å²) in [6.45, 7) is 5.91. The van der Waals surface area contributed by atoms with Gasteiger partial charge in [0, 0.05) is 32.7 Å². The number of piperazine rings is 1. The topological polar surface area (TPSA) is 140 Å². The van der Waals surface area contributed by atoms with Crippen LogP contribution in [0.15, 0.2) is 29.2 Å². The fourth-order valence-corrected chi connectivity index (χ4v) is 4.51. The van der Waals surface area contributed by atoms with Crippen molar-refractivity contribution in [3.63, 3.8) is 0 Å². The molecule has 0 aliphatic carbocycles. The van der Waals surface area contributed by atoms with Gasteiger partial charge in [-0.25, -0.2) is 13.9 Å². The second kappa shape index (κ2) is 13.9. The highest BCUT2D eigenvalue weighted by atomic mass is 32.2. The maximum atomic E-state index is 12.7. The first-order chi connectivity index (χ1) is 16.2. The predicted molar refractivity (Wildman–Crippen MR) is 126 cm³/mol. The van der Waals surface area contributed by atoms with Crippen molar-refractivity contribution in [2.24, 2.45) is 0 Å². The molecule has 0 spiro atoms. The molecule has 0 unspecified atom stereocenters. The molecule has 1 aliphatic heterocycles. The van der Waals surface area contributed by atoms with Crippen molar-refractivity contribution in [3.05, 3.63) is 24.3 Å². The number of carbonyl (C=O) groups is 2. The van der Waals surface area contributed by atoms with Crippen LogP contribution < -0.4 is 20.3 Å². The Labute approximate surface area is 200 Å². The minimum absolute atomic E-state index is 0.0577.